The Morgan fingerprint density at radius 1 is 1.26 bits per heavy atom. The van der Waals surface area contributed by atoms with Crippen LogP contribution in [0.4, 0.5) is 5.69 Å². The maximum atomic E-state index is 12.2. The molecule has 1 saturated carbocycles. The summed E-state index contributed by atoms with van der Waals surface area (Å²) in [6.45, 7) is 1.59. The van der Waals surface area contributed by atoms with E-state index >= 15 is 0 Å². The molecule has 1 aliphatic rings. The topological polar surface area (TPSA) is 70.7 Å². The van der Waals surface area contributed by atoms with E-state index in [0.29, 0.717) is 24.4 Å². The minimum absolute atomic E-state index is 0.0189. The number of ether oxygens (including phenoxy) is 1. The molecular weight excluding hydrogens is 294 g/mol. The summed E-state index contributed by atoms with van der Waals surface area (Å²) >= 11 is 0. The minimum atomic E-state index is -0.227. The van der Waals surface area contributed by atoms with Crippen molar-refractivity contribution >= 4 is 17.5 Å². The summed E-state index contributed by atoms with van der Waals surface area (Å²) < 4.78 is 5.12. The number of hydrogen-bond acceptors (Lipinski definition) is 4. The zero-order chi connectivity index (χ0) is 16.8. The van der Waals surface area contributed by atoms with Crippen LogP contribution in [0.5, 0.6) is 5.75 Å². The van der Waals surface area contributed by atoms with Crippen LogP contribution < -0.4 is 15.4 Å². The third-order valence-corrected chi connectivity index (χ3v) is 3.88. The van der Waals surface area contributed by atoms with Gasteiger partial charge in [0.1, 0.15) is 5.75 Å². The van der Waals surface area contributed by atoms with Crippen molar-refractivity contribution in [1.82, 2.24) is 10.2 Å². The second kappa shape index (κ2) is 7.97. The number of benzene rings is 1. The average molecular weight is 319 g/mol. The number of carbonyl (C=O) groups excluding carboxylic acids is 2. The van der Waals surface area contributed by atoms with Gasteiger partial charge in [-0.2, -0.15) is 0 Å². The molecule has 0 bridgehead atoms. The van der Waals surface area contributed by atoms with Crippen molar-refractivity contribution in [2.75, 3.05) is 39.6 Å². The highest BCUT2D eigenvalue weighted by Crippen LogP contribution is 2.39. The van der Waals surface area contributed by atoms with Gasteiger partial charge >= 0.3 is 0 Å². The number of carbonyl (C=O) groups is 2. The van der Waals surface area contributed by atoms with Gasteiger partial charge in [0.25, 0.3) is 0 Å². The Balaban J connectivity index is 1.74. The van der Waals surface area contributed by atoms with E-state index in [9.17, 15) is 9.59 Å². The Morgan fingerprint density at radius 3 is 2.70 bits per heavy atom. The Bertz CT molecular complexity index is 560. The molecule has 6 heteroatoms. The Morgan fingerprint density at radius 2 is 2.00 bits per heavy atom. The first-order chi connectivity index (χ1) is 11.0. The summed E-state index contributed by atoms with van der Waals surface area (Å²) in [6.07, 6.45) is 1.53. The molecule has 126 valence electrons. The molecule has 1 fully saturated rings. The lowest BCUT2D eigenvalue weighted by atomic mass is 10.2. The first-order valence-electron chi connectivity index (χ1n) is 7.88. The molecule has 2 amide bonds. The van der Waals surface area contributed by atoms with Crippen LogP contribution in [-0.2, 0) is 9.59 Å². The second-order valence-corrected chi connectivity index (χ2v) is 6.12. The standard InChI is InChI=1S/C17H25N3O3/c1-20(2)9-5-8-18-16(21)14-11-15(14)17(22)19-12-6-4-7-13(10-12)23-3/h4,6-7,10,14-15H,5,8-9,11H2,1-3H3,(H,18,21)(H,19,22). The third kappa shape index (κ3) is 5.25. The SMILES string of the molecule is COc1cccc(NC(=O)C2CC2C(=O)NCCCN(C)C)c1. The number of anilines is 1. The van der Waals surface area contributed by atoms with Crippen LogP contribution in [0, 0.1) is 11.8 Å². The molecule has 2 N–H and O–H groups in total. The molecule has 0 radical (unpaired) electrons. The van der Waals surface area contributed by atoms with Gasteiger partial charge in [0.2, 0.25) is 11.8 Å². The Kier molecular flexibility index (Phi) is 5.98. The molecule has 1 aliphatic carbocycles. The van der Waals surface area contributed by atoms with E-state index < -0.39 is 0 Å². The molecule has 0 aliphatic heterocycles. The molecule has 2 atom stereocenters. The summed E-state index contributed by atoms with van der Waals surface area (Å²) in [5.41, 5.74) is 0.686. The maximum Gasteiger partial charge on any atom is 0.228 e. The Hall–Kier alpha value is -2.08. The quantitative estimate of drug-likeness (QED) is 0.709. The van der Waals surface area contributed by atoms with Crippen molar-refractivity contribution < 1.29 is 14.3 Å². The lowest BCUT2D eigenvalue weighted by molar-refractivity contribution is -0.125. The minimum Gasteiger partial charge on any atom is -0.497 e. The number of nitrogens with one attached hydrogen (secondary N) is 2. The molecule has 23 heavy (non-hydrogen) atoms. The normalized spacial score (nSPS) is 19.3. The molecule has 6 nitrogen and oxygen atoms in total. The van der Waals surface area contributed by atoms with Gasteiger partial charge in [-0.1, -0.05) is 6.07 Å². The van der Waals surface area contributed by atoms with E-state index in [1.165, 1.54) is 0 Å². The summed E-state index contributed by atoms with van der Waals surface area (Å²) in [4.78, 5) is 26.2. The summed E-state index contributed by atoms with van der Waals surface area (Å²) in [5.74, 6) is 0.144. The summed E-state index contributed by atoms with van der Waals surface area (Å²) in [7, 11) is 5.59. The molecule has 0 spiro atoms. The number of amides is 2. The largest absolute Gasteiger partial charge is 0.497 e. The zero-order valence-corrected chi connectivity index (χ0v) is 14.0. The monoisotopic (exact) mass is 319 g/mol. The average Bonchev–Trinajstić information content (AvgIpc) is 3.32. The van der Waals surface area contributed by atoms with Gasteiger partial charge in [-0.3, -0.25) is 9.59 Å². The van der Waals surface area contributed by atoms with Crippen LogP contribution in [0.2, 0.25) is 0 Å². The predicted molar refractivity (Wildman–Crippen MR) is 89.4 cm³/mol. The highest BCUT2D eigenvalue weighted by atomic mass is 16.5. The van der Waals surface area contributed by atoms with Crippen molar-refractivity contribution in [3.8, 4) is 5.75 Å². The van der Waals surface area contributed by atoms with Crippen molar-refractivity contribution in [2.24, 2.45) is 11.8 Å². The maximum absolute atomic E-state index is 12.2. The fourth-order valence-corrected chi connectivity index (χ4v) is 2.45. The number of hydrogen-bond donors (Lipinski definition) is 2. The molecule has 2 rings (SSSR count). The highest BCUT2D eigenvalue weighted by molar-refractivity contribution is 5.99. The summed E-state index contributed by atoms with van der Waals surface area (Å²) in [6, 6.07) is 7.20. The lowest BCUT2D eigenvalue weighted by Gasteiger charge is -2.10. The van der Waals surface area contributed by atoms with E-state index in [1.54, 1.807) is 19.2 Å². The molecule has 2 unspecified atom stereocenters. The number of methoxy groups -OCH3 is 1. The lowest BCUT2D eigenvalue weighted by Crippen LogP contribution is -2.30. The zero-order valence-electron chi connectivity index (χ0n) is 14.0. The fourth-order valence-electron chi connectivity index (χ4n) is 2.45. The molecule has 1 aromatic carbocycles. The fraction of sp³-hybridized carbons (Fsp3) is 0.529. The van der Waals surface area contributed by atoms with Crippen LogP contribution in [0.3, 0.4) is 0 Å². The van der Waals surface area contributed by atoms with E-state index in [-0.39, 0.29) is 23.7 Å². The summed E-state index contributed by atoms with van der Waals surface area (Å²) in [5, 5.41) is 5.74. The van der Waals surface area contributed by atoms with Gasteiger partial charge in [-0.15, -0.1) is 0 Å². The van der Waals surface area contributed by atoms with Crippen molar-refractivity contribution in [1.29, 1.82) is 0 Å². The molecule has 1 aromatic rings. The smallest absolute Gasteiger partial charge is 0.228 e. The van der Waals surface area contributed by atoms with Crippen LogP contribution in [0.1, 0.15) is 12.8 Å². The Labute approximate surface area is 137 Å². The van der Waals surface area contributed by atoms with Gasteiger partial charge in [0.15, 0.2) is 0 Å². The van der Waals surface area contributed by atoms with Crippen LogP contribution in [-0.4, -0.2) is 51.0 Å². The third-order valence-electron chi connectivity index (χ3n) is 3.88. The van der Waals surface area contributed by atoms with Crippen LogP contribution >= 0.6 is 0 Å². The van der Waals surface area contributed by atoms with Crippen LogP contribution in [0.25, 0.3) is 0 Å². The van der Waals surface area contributed by atoms with Gasteiger partial charge < -0.3 is 20.3 Å². The van der Waals surface area contributed by atoms with E-state index in [4.69, 9.17) is 4.74 Å². The first kappa shape index (κ1) is 17.3. The van der Waals surface area contributed by atoms with Gasteiger partial charge in [0.05, 0.1) is 18.9 Å². The number of rotatable bonds is 8. The molecule has 0 heterocycles. The molecule has 0 saturated heterocycles. The molecular formula is C17H25N3O3. The van der Waals surface area contributed by atoms with Crippen molar-refractivity contribution in [3.05, 3.63) is 24.3 Å². The second-order valence-electron chi connectivity index (χ2n) is 6.12. The van der Waals surface area contributed by atoms with Gasteiger partial charge in [-0.25, -0.2) is 0 Å². The van der Waals surface area contributed by atoms with E-state index in [1.807, 2.05) is 26.2 Å². The van der Waals surface area contributed by atoms with E-state index in [0.717, 1.165) is 13.0 Å². The van der Waals surface area contributed by atoms with Crippen LogP contribution in [0.15, 0.2) is 24.3 Å². The van der Waals surface area contributed by atoms with Crippen molar-refractivity contribution in [3.63, 3.8) is 0 Å². The highest BCUT2D eigenvalue weighted by Gasteiger charge is 2.47. The van der Waals surface area contributed by atoms with E-state index in [2.05, 4.69) is 15.5 Å². The molecule has 0 aromatic heterocycles. The van der Waals surface area contributed by atoms with Gasteiger partial charge in [0, 0.05) is 18.3 Å². The predicted octanol–water partition coefficient (Wildman–Crippen LogP) is 1.34. The number of nitrogens with zero attached hydrogens (tertiary/aromatic N) is 1. The van der Waals surface area contributed by atoms with Crippen molar-refractivity contribution in [2.45, 2.75) is 12.8 Å². The van der Waals surface area contributed by atoms with Gasteiger partial charge in [-0.05, 0) is 45.6 Å². The first-order valence-corrected chi connectivity index (χ1v) is 7.88.